The van der Waals surface area contributed by atoms with Gasteiger partial charge in [-0.25, -0.2) is 0 Å². The fourth-order valence-corrected chi connectivity index (χ4v) is 3.86. The number of hydrogen-bond acceptors (Lipinski definition) is 2. The van der Waals surface area contributed by atoms with Crippen LogP contribution >= 0.6 is 0 Å². The molecule has 0 aromatic carbocycles. The zero-order valence-corrected chi connectivity index (χ0v) is 12.9. The summed E-state index contributed by atoms with van der Waals surface area (Å²) >= 11 is 0. The van der Waals surface area contributed by atoms with Crippen LogP contribution in [0.15, 0.2) is 11.1 Å². The maximum absolute atomic E-state index is 12.0. The third-order valence-electron chi connectivity index (χ3n) is 4.77. The van der Waals surface area contributed by atoms with Crippen molar-refractivity contribution in [2.45, 2.75) is 71.8 Å². The van der Waals surface area contributed by atoms with E-state index in [1.165, 1.54) is 43.5 Å². The Morgan fingerprint density at radius 1 is 1.11 bits per heavy atom. The molecule has 2 heteroatoms. The number of nitrogens with zero attached hydrogens (tertiary/aromatic N) is 1. The van der Waals surface area contributed by atoms with E-state index in [1.54, 1.807) is 0 Å². The lowest BCUT2D eigenvalue weighted by Crippen LogP contribution is -2.44. The highest BCUT2D eigenvalue weighted by Gasteiger charge is 2.34. The molecule has 0 spiro atoms. The van der Waals surface area contributed by atoms with Gasteiger partial charge in [0.05, 0.1) is 0 Å². The maximum atomic E-state index is 12.0. The standard InChI is InChI=1S/C17H29NO/c1-4-9-18(10-5-2)16-12-14-7-6-8-17(19)15(14)11-13(16)3/h13,16H,4-12H2,1-3H3/t13?,16-/m0/s1. The number of carbonyl (C=O) groups is 1. The van der Waals surface area contributed by atoms with Gasteiger partial charge in [0.15, 0.2) is 5.78 Å². The van der Waals surface area contributed by atoms with Crippen LogP contribution in [0.5, 0.6) is 0 Å². The number of rotatable bonds is 5. The van der Waals surface area contributed by atoms with Gasteiger partial charge in [-0.05, 0) is 63.1 Å². The monoisotopic (exact) mass is 263 g/mol. The molecule has 0 heterocycles. The van der Waals surface area contributed by atoms with Crippen LogP contribution in [0.2, 0.25) is 0 Å². The molecule has 0 fully saturated rings. The summed E-state index contributed by atoms with van der Waals surface area (Å²) in [6, 6.07) is 0.671. The van der Waals surface area contributed by atoms with E-state index in [1.807, 2.05) is 0 Å². The highest BCUT2D eigenvalue weighted by molar-refractivity contribution is 5.97. The van der Waals surface area contributed by atoms with Gasteiger partial charge >= 0.3 is 0 Å². The van der Waals surface area contributed by atoms with Crippen LogP contribution < -0.4 is 0 Å². The molecule has 0 radical (unpaired) electrons. The van der Waals surface area contributed by atoms with Crippen LogP contribution in [0.3, 0.4) is 0 Å². The summed E-state index contributed by atoms with van der Waals surface area (Å²) in [7, 11) is 0. The first-order chi connectivity index (χ1) is 9.17. The molecule has 2 rings (SSSR count). The lowest BCUT2D eigenvalue weighted by Gasteiger charge is -2.41. The van der Waals surface area contributed by atoms with Crippen molar-refractivity contribution < 1.29 is 4.79 Å². The van der Waals surface area contributed by atoms with Crippen molar-refractivity contribution in [1.29, 1.82) is 0 Å². The lowest BCUT2D eigenvalue weighted by atomic mass is 9.74. The van der Waals surface area contributed by atoms with Gasteiger partial charge in [0.2, 0.25) is 0 Å². The Bertz CT molecular complexity index is 352. The largest absolute Gasteiger partial charge is 0.300 e. The van der Waals surface area contributed by atoms with Crippen molar-refractivity contribution >= 4 is 5.78 Å². The van der Waals surface area contributed by atoms with Gasteiger partial charge in [-0.15, -0.1) is 0 Å². The molecule has 2 nitrogen and oxygen atoms in total. The SMILES string of the molecule is CCCN(CCC)[C@H]1CC2=C(CC1C)C(=O)CCC2. The second kappa shape index (κ2) is 6.69. The number of hydrogen-bond donors (Lipinski definition) is 0. The van der Waals surface area contributed by atoms with Crippen LogP contribution in [-0.2, 0) is 4.79 Å². The summed E-state index contributed by atoms with van der Waals surface area (Å²) in [5, 5.41) is 0. The van der Waals surface area contributed by atoms with Gasteiger partial charge in [0.1, 0.15) is 0 Å². The molecular formula is C17H29NO. The normalized spacial score (nSPS) is 27.9. The summed E-state index contributed by atoms with van der Waals surface area (Å²) in [6.07, 6.45) is 7.70. The number of allylic oxidation sites excluding steroid dienone is 1. The molecule has 0 N–H and O–H groups in total. The predicted molar refractivity (Wildman–Crippen MR) is 80.2 cm³/mol. The number of carbonyl (C=O) groups excluding carboxylic acids is 1. The molecule has 108 valence electrons. The molecule has 0 aromatic heterocycles. The van der Waals surface area contributed by atoms with Crippen LogP contribution in [0.4, 0.5) is 0 Å². The van der Waals surface area contributed by atoms with Gasteiger partial charge < -0.3 is 0 Å². The van der Waals surface area contributed by atoms with E-state index in [0.717, 1.165) is 25.7 Å². The van der Waals surface area contributed by atoms with Crippen LogP contribution in [0.1, 0.15) is 65.7 Å². The molecular weight excluding hydrogens is 234 g/mol. The molecule has 19 heavy (non-hydrogen) atoms. The van der Waals surface area contributed by atoms with E-state index in [0.29, 0.717) is 17.7 Å². The summed E-state index contributed by atoms with van der Waals surface area (Å²) in [6.45, 7) is 9.30. The fraction of sp³-hybridized carbons (Fsp3) is 0.824. The Kier molecular flexibility index (Phi) is 5.20. The molecule has 0 amide bonds. The average molecular weight is 263 g/mol. The van der Waals surface area contributed by atoms with Gasteiger partial charge in [0, 0.05) is 12.5 Å². The summed E-state index contributed by atoms with van der Waals surface area (Å²) in [5.41, 5.74) is 2.71. The summed E-state index contributed by atoms with van der Waals surface area (Å²) < 4.78 is 0. The Labute approximate surface area is 118 Å². The Balaban J connectivity index is 2.13. The third kappa shape index (κ3) is 3.28. The smallest absolute Gasteiger partial charge is 0.158 e. The molecule has 1 unspecified atom stereocenters. The molecule has 0 aromatic rings. The summed E-state index contributed by atoms with van der Waals surface area (Å²) in [5.74, 6) is 1.09. The second-order valence-corrected chi connectivity index (χ2v) is 6.35. The van der Waals surface area contributed by atoms with E-state index in [9.17, 15) is 4.79 Å². The Hall–Kier alpha value is -0.630. The first-order valence-electron chi connectivity index (χ1n) is 8.15. The van der Waals surface area contributed by atoms with Crippen molar-refractivity contribution in [2.24, 2.45) is 5.92 Å². The van der Waals surface area contributed by atoms with Crippen molar-refractivity contribution in [2.75, 3.05) is 13.1 Å². The fourth-order valence-electron chi connectivity index (χ4n) is 3.86. The van der Waals surface area contributed by atoms with Gasteiger partial charge in [-0.3, -0.25) is 9.69 Å². The van der Waals surface area contributed by atoms with Crippen molar-refractivity contribution in [3.8, 4) is 0 Å². The first kappa shape index (κ1) is 14.8. The second-order valence-electron chi connectivity index (χ2n) is 6.35. The zero-order valence-electron chi connectivity index (χ0n) is 12.9. The Morgan fingerprint density at radius 3 is 2.42 bits per heavy atom. The topological polar surface area (TPSA) is 20.3 Å². The highest BCUT2D eigenvalue weighted by Crippen LogP contribution is 2.38. The van der Waals surface area contributed by atoms with Crippen LogP contribution in [0.25, 0.3) is 0 Å². The quantitative estimate of drug-likeness (QED) is 0.748. The minimum Gasteiger partial charge on any atom is -0.300 e. The van der Waals surface area contributed by atoms with E-state index >= 15 is 0 Å². The zero-order chi connectivity index (χ0) is 13.8. The summed E-state index contributed by atoms with van der Waals surface area (Å²) in [4.78, 5) is 14.7. The predicted octanol–water partition coefficient (Wildman–Crippen LogP) is 3.96. The molecule has 0 aliphatic heterocycles. The third-order valence-corrected chi connectivity index (χ3v) is 4.77. The highest BCUT2D eigenvalue weighted by atomic mass is 16.1. The van der Waals surface area contributed by atoms with Gasteiger partial charge in [0.25, 0.3) is 0 Å². The number of Topliss-reactive ketones (excluding diaryl/α,β-unsaturated/α-hetero) is 1. The molecule has 0 saturated carbocycles. The van der Waals surface area contributed by atoms with E-state index in [-0.39, 0.29) is 0 Å². The van der Waals surface area contributed by atoms with Crippen molar-refractivity contribution in [3.63, 3.8) is 0 Å². The molecule has 2 atom stereocenters. The van der Waals surface area contributed by atoms with Gasteiger partial charge in [-0.1, -0.05) is 26.3 Å². The molecule has 2 aliphatic rings. The van der Waals surface area contributed by atoms with Crippen molar-refractivity contribution in [1.82, 2.24) is 4.90 Å². The van der Waals surface area contributed by atoms with E-state index in [4.69, 9.17) is 0 Å². The maximum Gasteiger partial charge on any atom is 0.158 e. The van der Waals surface area contributed by atoms with Crippen LogP contribution in [0, 0.1) is 5.92 Å². The van der Waals surface area contributed by atoms with Crippen LogP contribution in [-0.4, -0.2) is 29.8 Å². The minimum absolute atomic E-state index is 0.448. The van der Waals surface area contributed by atoms with Gasteiger partial charge in [-0.2, -0.15) is 0 Å². The van der Waals surface area contributed by atoms with E-state index < -0.39 is 0 Å². The van der Waals surface area contributed by atoms with Crippen molar-refractivity contribution in [3.05, 3.63) is 11.1 Å². The average Bonchev–Trinajstić information content (AvgIpc) is 2.39. The molecule has 2 aliphatic carbocycles. The Morgan fingerprint density at radius 2 is 1.79 bits per heavy atom. The number of ketones is 1. The lowest BCUT2D eigenvalue weighted by molar-refractivity contribution is -0.116. The molecule has 0 saturated heterocycles. The minimum atomic E-state index is 0.448. The first-order valence-corrected chi connectivity index (χ1v) is 8.15. The van der Waals surface area contributed by atoms with E-state index in [2.05, 4.69) is 25.7 Å². The molecule has 0 bridgehead atoms.